The molecule has 172 valence electrons. The fourth-order valence-corrected chi connectivity index (χ4v) is 2.72. The third-order valence-electron chi connectivity index (χ3n) is 4.02. The summed E-state index contributed by atoms with van der Waals surface area (Å²) in [5.41, 5.74) is 4.87. The molecular formula is C20H22F2N4O6. The molecule has 0 fully saturated rings. The molecular weight excluding hydrogens is 430 g/mol. The molecule has 2 aromatic rings. The van der Waals surface area contributed by atoms with E-state index >= 15 is 0 Å². The molecule has 0 saturated heterocycles. The van der Waals surface area contributed by atoms with Crippen LogP contribution >= 0.6 is 0 Å². The van der Waals surface area contributed by atoms with E-state index in [1.54, 1.807) is 31.0 Å². The molecule has 0 heterocycles. The maximum Gasteiger partial charge on any atom is 0.387 e. The highest BCUT2D eigenvalue weighted by Crippen LogP contribution is 2.30. The number of rotatable bonds is 10. The van der Waals surface area contributed by atoms with E-state index in [1.165, 1.54) is 24.3 Å². The highest BCUT2D eigenvalue weighted by atomic mass is 19.3. The number of nitro groups is 1. The van der Waals surface area contributed by atoms with Crippen LogP contribution in [0.2, 0.25) is 0 Å². The van der Waals surface area contributed by atoms with Gasteiger partial charge in [0.2, 0.25) is 0 Å². The Morgan fingerprint density at radius 1 is 1.16 bits per heavy atom. The van der Waals surface area contributed by atoms with Gasteiger partial charge in [-0.3, -0.25) is 35.5 Å². The molecule has 12 heteroatoms. The Kier molecular flexibility index (Phi) is 8.83. The van der Waals surface area contributed by atoms with Gasteiger partial charge in [-0.05, 0) is 37.7 Å². The first-order valence-electron chi connectivity index (χ1n) is 9.42. The number of nitrogens with zero attached hydrogens (tertiary/aromatic N) is 2. The zero-order valence-electron chi connectivity index (χ0n) is 17.3. The molecule has 0 aliphatic heterocycles. The van der Waals surface area contributed by atoms with Gasteiger partial charge in [0.05, 0.1) is 18.1 Å². The van der Waals surface area contributed by atoms with E-state index in [4.69, 9.17) is 4.74 Å². The minimum Gasteiger partial charge on any atom is -0.490 e. The van der Waals surface area contributed by atoms with Crippen LogP contribution in [0, 0.1) is 10.1 Å². The van der Waals surface area contributed by atoms with Gasteiger partial charge in [0.25, 0.3) is 17.5 Å². The van der Waals surface area contributed by atoms with Gasteiger partial charge < -0.3 is 9.47 Å². The molecule has 2 amide bonds. The topological polar surface area (TPSA) is 123 Å². The predicted molar refractivity (Wildman–Crippen MR) is 109 cm³/mol. The van der Waals surface area contributed by atoms with Crippen molar-refractivity contribution in [2.75, 3.05) is 20.2 Å². The quantitative estimate of drug-likeness (QED) is 0.419. The monoisotopic (exact) mass is 452 g/mol. The molecule has 0 aliphatic rings. The Hall–Kier alpha value is -3.80. The predicted octanol–water partition coefficient (Wildman–Crippen LogP) is 2.49. The van der Waals surface area contributed by atoms with Gasteiger partial charge in [-0.1, -0.05) is 12.1 Å². The van der Waals surface area contributed by atoms with Crippen molar-refractivity contribution in [2.24, 2.45) is 0 Å². The average molecular weight is 452 g/mol. The lowest BCUT2D eigenvalue weighted by Gasteiger charge is -2.18. The summed E-state index contributed by atoms with van der Waals surface area (Å²) in [6.45, 7) is -0.845. The number of non-ortho nitro benzene ring substituents is 1. The molecule has 0 radical (unpaired) electrons. The van der Waals surface area contributed by atoms with Crippen molar-refractivity contribution in [3.05, 3.63) is 63.7 Å². The number of nitro benzene ring substituents is 1. The number of benzene rings is 2. The second-order valence-electron chi connectivity index (χ2n) is 6.57. The number of halogens is 2. The van der Waals surface area contributed by atoms with Crippen molar-refractivity contribution < 1.29 is 32.8 Å². The first kappa shape index (κ1) is 24.5. The Morgan fingerprint density at radius 2 is 1.91 bits per heavy atom. The second-order valence-corrected chi connectivity index (χ2v) is 6.57. The third-order valence-corrected chi connectivity index (χ3v) is 4.02. The van der Waals surface area contributed by atoms with Crippen LogP contribution in [0.1, 0.15) is 22.8 Å². The SMILES string of the molecule is CCOc1cc(CN(C)CC(=O)NNC(=O)c2cccc([N+](=O)[O-])c2)ccc1OC(F)F. The molecule has 0 spiro atoms. The minimum atomic E-state index is -2.98. The van der Waals surface area contributed by atoms with E-state index in [0.717, 1.165) is 6.07 Å². The fourth-order valence-electron chi connectivity index (χ4n) is 2.72. The van der Waals surface area contributed by atoms with Crippen LogP contribution in [-0.2, 0) is 11.3 Å². The first-order valence-corrected chi connectivity index (χ1v) is 9.42. The Balaban J connectivity index is 1.90. The van der Waals surface area contributed by atoms with Crippen LogP contribution in [0.25, 0.3) is 0 Å². The lowest BCUT2D eigenvalue weighted by molar-refractivity contribution is -0.384. The molecule has 2 aromatic carbocycles. The van der Waals surface area contributed by atoms with Crippen molar-refractivity contribution in [3.8, 4) is 11.5 Å². The molecule has 32 heavy (non-hydrogen) atoms. The molecule has 2 rings (SSSR count). The van der Waals surface area contributed by atoms with Crippen molar-refractivity contribution in [2.45, 2.75) is 20.1 Å². The molecule has 2 N–H and O–H groups in total. The minimum absolute atomic E-state index is 0.0161. The standard InChI is InChI=1S/C20H22F2N4O6/c1-3-31-17-9-13(7-8-16(17)32-20(21)22)11-25(2)12-18(27)23-24-19(28)14-5-4-6-15(10-14)26(29)30/h4-10,20H,3,11-12H2,1-2H3,(H,23,27)(H,24,28). The second kappa shape index (κ2) is 11.6. The summed E-state index contributed by atoms with van der Waals surface area (Å²) in [4.78, 5) is 35.9. The van der Waals surface area contributed by atoms with Crippen molar-refractivity contribution in [1.29, 1.82) is 0 Å². The number of carbonyl (C=O) groups is 2. The molecule has 0 aromatic heterocycles. The first-order chi connectivity index (χ1) is 15.2. The van der Waals surface area contributed by atoms with Crippen molar-refractivity contribution in [3.63, 3.8) is 0 Å². The number of carbonyl (C=O) groups excluding carboxylic acids is 2. The number of likely N-dealkylation sites (N-methyl/N-ethyl adjacent to an activating group) is 1. The summed E-state index contributed by atoms with van der Waals surface area (Å²) in [6.07, 6.45) is 0. The maximum atomic E-state index is 12.5. The van der Waals surface area contributed by atoms with E-state index in [-0.39, 0.29) is 42.4 Å². The highest BCUT2D eigenvalue weighted by Gasteiger charge is 2.15. The average Bonchev–Trinajstić information content (AvgIpc) is 2.73. The number of ether oxygens (including phenoxy) is 2. The van der Waals surface area contributed by atoms with Crippen LogP contribution in [0.4, 0.5) is 14.5 Å². The van der Waals surface area contributed by atoms with Gasteiger partial charge >= 0.3 is 6.61 Å². The van der Waals surface area contributed by atoms with E-state index in [1.807, 2.05) is 0 Å². The summed E-state index contributed by atoms with van der Waals surface area (Å²) in [7, 11) is 1.64. The fraction of sp³-hybridized carbons (Fsp3) is 0.300. The molecule has 0 atom stereocenters. The molecule has 0 unspecified atom stereocenters. The summed E-state index contributed by atoms with van der Waals surface area (Å²) < 4.78 is 34.7. The molecule has 0 bridgehead atoms. The number of nitrogens with one attached hydrogen (secondary N) is 2. The van der Waals surface area contributed by atoms with Gasteiger partial charge in [-0.25, -0.2) is 0 Å². The smallest absolute Gasteiger partial charge is 0.387 e. The lowest BCUT2D eigenvalue weighted by Crippen LogP contribution is -2.45. The Bertz CT molecular complexity index is 973. The number of amides is 2. The zero-order valence-corrected chi connectivity index (χ0v) is 17.3. The largest absolute Gasteiger partial charge is 0.490 e. The number of alkyl halides is 2. The summed E-state index contributed by atoms with van der Waals surface area (Å²) >= 11 is 0. The van der Waals surface area contributed by atoms with Crippen LogP contribution in [-0.4, -0.2) is 48.4 Å². The summed E-state index contributed by atoms with van der Waals surface area (Å²) in [5.74, 6) is -1.17. The van der Waals surface area contributed by atoms with Crippen LogP contribution in [0.3, 0.4) is 0 Å². The maximum absolute atomic E-state index is 12.5. The van der Waals surface area contributed by atoms with E-state index < -0.39 is 23.3 Å². The lowest BCUT2D eigenvalue weighted by atomic mass is 10.2. The van der Waals surface area contributed by atoms with Crippen LogP contribution in [0.5, 0.6) is 11.5 Å². The number of hydrogen-bond acceptors (Lipinski definition) is 7. The Morgan fingerprint density at radius 3 is 2.56 bits per heavy atom. The van der Waals surface area contributed by atoms with Crippen molar-refractivity contribution >= 4 is 17.5 Å². The number of hydrazine groups is 1. The highest BCUT2D eigenvalue weighted by molar-refractivity contribution is 5.96. The Labute approximate surface area is 182 Å². The van der Waals surface area contributed by atoms with Crippen molar-refractivity contribution in [1.82, 2.24) is 15.8 Å². The zero-order chi connectivity index (χ0) is 23.7. The van der Waals surface area contributed by atoms with Gasteiger partial charge in [-0.2, -0.15) is 8.78 Å². The third kappa shape index (κ3) is 7.47. The van der Waals surface area contributed by atoms with E-state index in [0.29, 0.717) is 5.56 Å². The van der Waals surface area contributed by atoms with Gasteiger partial charge in [-0.15, -0.1) is 0 Å². The van der Waals surface area contributed by atoms with Gasteiger partial charge in [0.15, 0.2) is 11.5 Å². The van der Waals surface area contributed by atoms with E-state index in [2.05, 4.69) is 15.6 Å². The number of hydrogen-bond donors (Lipinski definition) is 2. The van der Waals surface area contributed by atoms with Gasteiger partial charge in [0, 0.05) is 24.2 Å². The summed E-state index contributed by atoms with van der Waals surface area (Å²) in [5, 5.41) is 10.8. The van der Waals surface area contributed by atoms with Crippen LogP contribution in [0.15, 0.2) is 42.5 Å². The van der Waals surface area contributed by atoms with E-state index in [9.17, 15) is 28.5 Å². The summed E-state index contributed by atoms with van der Waals surface area (Å²) in [6, 6.07) is 9.53. The van der Waals surface area contributed by atoms with Gasteiger partial charge in [0.1, 0.15) is 0 Å². The van der Waals surface area contributed by atoms with Crippen LogP contribution < -0.4 is 20.3 Å². The normalized spacial score (nSPS) is 10.7. The molecule has 0 aliphatic carbocycles. The molecule has 0 saturated carbocycles. The molecule has 10 nitrogen and oxygen atoms in total.